The number of fused-ring (bicyclic) bond motifs is 5. The minimum Gasteiger partial charge on any atom is -0.507 e. The number of carbonyl (C=O) groups excluding carboxylic acids is 5. The topological polar surface area (TPSA) is 342 Å². The molecule has 0 aromatic heterocycles. The molecule has 4 N–H and O–H groups in total. The number of phenolic OH excluding ortho intramolecular Hbond substituents is 1. The Bertz CT molecular complexity index is 5350. The highest BCUT2D eigenvalue weighted by atomic mass is 16.8. The summed E-state index contributed by atoms with van der Waals surface area (Å²) in [4.78, 5) is 66.5. The summed E-state index contributed by atoms with van der Waals surface area (Å²) < 4.78 is 110. The number of carbonyl (C=O) groups is 5. The molecule has 0 radical (unpaired) electrons. The van der Waals surface area contributed by atoms with E-state index in [1.54, 1.807) is 144 Å². The minimum absolute atomic E-state index is 0.0491. The Morgan fingerprint density at radius 3 is 1.15 bits per heavy atom. The van der Waals surface area contributed by atoms with E-state index in [1.165, 1.54) is 32.4 Å². The van der Waals surface area contributed by atoms with Crippen molar-refractivity contribution in [1.82, 2.24) is 0 Å². The molecule has 28 heteroatoms. The molecule has 133 heavy (non-hydrogen) atoms. The van der Waals surface area contributed by atoms with Gasteiger partial charge in [0.15, 0.2) is 25.2 Å². The van der Waals surface area contributed by atoms with E-state index in [0.717, 1.165) is 28.2 Å². The van der Waals surface area contributed by atoms with Gasteiger partial charge >= 0.3 is 29.8 Å². The quantitative estimate of drug-likeness (QED) is 0.0212. The normalized spacial score (nSPS) is 25.3. The molecule has 3 unspecified atom stereocenters. The Kier molecular flexibility index (Phi) is 36.6. The number of rotatable bonds is 22. The van der Waals surface area contributed by atoms with Crippen LogP contribution in [0, 0.1) is 17.8 Å². The zero-order valence-electron chi connectivity index (χ0n) is 77.5. The predicted octanol–water partition coefficient (Wildman–Crippen LogP) is 17.5. The number of methoxy groups -OCH3 is 5. The first-order valence-electron chi connectivity index (χ1n) is 44.0. The van der Waals surface area contributed by atoms with E-state index in [-0.39, 0.29) is 84.9 Å². The zero-order valence-corrected chi connectivity index (χ0v) is 77.5. The van der Waals surface area contributed by atoms with Crippen LogP contribution < -0.4 is 37.9 Å². The number of aliphatic hydroxyl groups is 3. The lowest BCUT2D eigenvalue weighted by atomic mass is 9.98. The van der Waals surface area contributed by atoms with Gasteiger partial charge in [-0.25, -0.2) is 24.0 Å². The van der Waals surface area contributed by atoms with E-state index in [4.69, 9.17) is 90.0 Å². The van der Waals surface area contributed by atoms with Crippen LogP contribution in [-0.2, 0) is 71.9 Å². The number of phenols is 1. The van der Waals surface area contributed by atoms with Gasteiger partial charge in [-0.15, -0.1) is 0 Å². The summed E-state index contributed by atoms with van der Waals surface area (Å²) in [5.41, 5.74) is 5.29. The molecule has 28 nitrogen and oxygen atoms in total. The van der Waals surface area contributed by atoms with Crippen LogP contribution in [0.2, 0.25) is 0 Å². The monoisotopic (exact) mass is 1830 g/mol. The molecule has 5 heterocycles. The maximum atomic E-state index is 13.8. The number of hydrogen-bond donors (Lipinski definition) is 4. The first kappa shape index (κ1) is 101. The molecular weight excluding hydrogens is 1710 g/mol. The molecule has 0 spiro atoms. The van der Waals surface area contributed by atoms with Gasteiger partial charge in [-0.1, -0.05) is 154 Å². The second kappa shape index (κ2) is 48.2. The standard InChI is InChI=1S/C39H44O10.C34H36O9.C32H40O9/c1-25-15-20-32(47-37(40)28-11-8-7-9-12-28)36-33(48-39(3,4)49-36)14-10-13-29-21-31(44-23-27-16-18-30(43-6)19-17-27)22-34(45-24-42-5)35(29)38(41)46-26(25)2;1-21-12-17-30(43-33(38)24-8-5-4-6-9-24)32(37)28(35)11-7-10-25-18-27(19-29(36)31(25)34(39)42-22(21)2)41-20-23-13-15-26(40-3)16-14-23;1-20-10-15-26(33)30-27(40-32(3,4)41-30)9-7-8-23-16-25(37-18-22-11-13-24(36-6)14-12-22)17-28(38-19-35-5)29(23)31(34)39-21(20)2/h7-13,15-22,25-26,32-33,36H,14,23-24H2,1-6H3;4-10,12-19,21-22,28,30,32,35-37H,11,20H2,1-3H3;7-8,10-17,20-21,26-27,30,33H,9,18-19H2,1-6H3/b13-10+,20-15-;10-7+,17-12-;8-7+,15-10-/t25-,26+,32?,33+,36-;21-,22+,28+,30?,32+;20-,21+,26?,27+,30-/m111/s1. The number of cyclic esters (lactones) is 3. The molecule has 8 aromatic carbocycles. The summed E-state index contributed by atoms with van der Waals surface area (Å²) in [6.07, 6.45) is 12.2. The van der Waals surface area contributed by atoms with Gasteiger partial charge in [-0.05, 0) is 192 Å². The third-order valence-electron chi connectivity index (χ3n) is 22.6. The van der Waals surface area contributed by atoms with Gasteiger partial charge in [0.1, 0.15) is 143 Å². The number of ether oxygens (including phenoxy) is 19. The van der Waals surface area contributed by atoms with Gasteiger partial charge in [0.2, 0.25) is 0 Å². The van der Waals surface area contributed by atoms with Crippen LogP contribution in [0.3, 0.4) is 0 Å². The van der Waals surface area contributed by atoms with Crippen molar-refractivity contribution in [2.75, 3.05) is 49.1 Å². The van der Waals surface area contributed by atoms with E-state index in [0.29, 0.717) is 70.3 Å². The molecular formula is C105H120O28. The second-order valence-corrected chi connectivity index (χ2v) is 33.5. The van der Waals surface area contributed by atoms with Crippen molar-refractivity contribution in [1.29, 1.82) is 0 Å². The van der Waals surface area contributed by atoms with Crippen LogP contribution in [-0.4, -0.2) is 184 Å². The van der Waals surface area contributed by atoms with Crippen molar-refractivity contribution in [2.45, 2.75) is 193 Å². The highest BCUT2D eigenvalue weighted by Gasteiger charge is 2.47. The molecule has 15 atom stereocenters. The lowest BCUT2D eigenvalue weighted by Gasteiger charge is -2.25. The Hall–Kier alpha value is -12.6. The summed E-state index contributed by atoms with van der Waals surface area (Å²) in [6, 6.07) is 49.4. The van der Waals surface area contributed by atoms with Crippen molar-refractivity contribution in [3.05, 3.63) is 286 Å². The molecule has 8 aromatic rings. The van der Waals surface area contributed by atoms with E-state index in [1.807, 2.05) is 171 Å². The largest absolute Gasteiger partial charge is 0.507 e. The average Bonchev–Trinajstić information content (AvgIpc) is 1.74. The number of benzene rings is 8. The number of aromatic hydroxyl groups is 1. The van der Waals surface area contributed by atoms with Crippen molar-refractivity contribution in [2.24, 2.45) is 17.8 Å². The van der Waals surface area contributed by atoms with Gasteiger partial charge in [0, 0.05) is 50.2 Å². The van der Waals surface area contributed by atoms with Crippen molar-refractivity contribution >= 4 is 48.1 Å². The number of esters is 5. The van der Waals surface area contributed by atoms with Crippen LogP contribution >= 0.6 is 0 Å². The number of aliphatic hydroxyl groups excluding tert-OH is 3. The highest BCUT2D eigenvalue weighted by molar-refractivity contribution is 5.99. The number of hydrogen-bond acceptors (Lipinski definition) is 28. The third kappa shape index (κ3) is 28.7. The molecule has 0 amide bonds. The summed E-state index contributed by atoms with van der Waals surface area (Å²) in [5, 5.41) is 43.5. The van der Waals surface area contributed by atoms with Gasteiger partial charge in [-0.3, -0.25) is 0 Å². The Labute approximate surface area is 776 Å². The third-order valence-corrected chi connectivity index (χ3v) is 22.6. The fraction of sp³-hybridized carbons (Fsp3) is 0.381. The Morgan fingerprint density at radius 1 is 0.391 bits per heavy atom. The first-order chi connectivity index (χ1) is 63.8. The van der Waals surface area contributed by atoms with E-state index in [9.17, 15) is 44.4 Å². The maximum absolute atomic E-state index is 13.8. The van der Waals surface area contributed by atoms with Gasteiger partial charge in [-0.2, -0.15) is 0 Å². The smallest absolute Gasteiger partial charge is 0.342 e. The van der Waals surface area contributed by atoms with Crippen molar-refractivity contribution in [3.63, 3.8) is 0 Å². The van der Waals surface area contributed by atoms with Gasteiger partial charge < -0.3 is 110 Å². The average molecular weight is 1830 g/mol. The fourth-order valence-electron chi connectivity index (χ4n) is 14.7. The Morgan fingerprint density at radius 2 is 0.744 bits per heavy atom. The summed E-state index contributed by atoms with van der Waals surface area (Å²) in [5.74, 6) is -1.84. The van der Waals surface area contributed by atoms with Crippen LogP contribution in [0.4, 0.5) is 0 Å². The van der Waals surface area contributed by atoms with E-state index < -0.39 is 115 Å². The molecule has 5 aliphatic heterocycles. The van der Waals surface area contributed by atoms with Crippen LogP contribution in [0.1, 0.15) is 174 Å². The van der Waals surface area contributed by atoms with Gasteiger partial charge in [0.05, 0.1) is 50.8 Å². The molecule has 2 fully saturated rings. The molecule has 5 aliphatic rings. The summed E-state index contributed by atoms with van der Waals surface area (Å²) in [7, 11) is 7.83. The summed E-state index contributed by atoms with van der Waals surface area (Å²) in [6.45, 7) is 18.8. The van der Waals surface area contributed by atoms with Crippen molar-refractivity contribution < 1.29 is 134 Å². The molecule has 0 aliphatic carbocycles. The summed E-state index contributed by atoms with van der Waals surface area (Å²) >= 11 is 0. The maximum Gasteiger partial charge on any atom is 0.342 e. The van der Waals surface area contributed by atoms with Crippen LogP contribution in [0.5, 0.6) is 51.7 Å². The zero-order chi connectivity index (χ0) is 95.5. The molecule has 2 saturated heterocycles. The SMILES string of the molecule is COCOc1cc(OCc2ccc(OC)cc2)cc2c1C(=O)O[C@@H](C)[C@H](C)/C=C\C(O)[C@H]1OC(C)(C)O[C@H]1C/C=C/2.COCOc1cc(OCc2ccc(OC)cc2)cc2c1C(=O)O[C@@H](C)[C@H](C)/C=C\C(OC(=O)c1ccccc1)[C@H]1OC(C)(C)O[C@H]1C/C=C/2.COc1ccc(COc2cc(O)c3c(c2)/C=C/C[C@H](O)[C@H](O)C(OC(=O)c2ccccc2)/C=C\[C@@H](C)[C@H](C)OC3=O)cc1. The van der Waals surface area contributed by atoms with Crippen LogP contribution in [0.15, 0.2) is 225 Å². The minimum atomic E-state index is -1.45. The lowest BCUT2D eigenvalue weighted by molar-refractivity contribution is -0.153. The van der Waals surface area contributed by atoms with Gasteiger partial charge in [0.25, 0.3) is 0 Å². The fourth-order valence-corrected chi connectivity index (χ4v) is 14.7. The van der Waals surface area contributed by atoms with E-state index in [2.05, 4.69) is 0 Å². The highest BCUT2D eigenvalue weighted by Crippen LogP contribution is 2.41. The second-order valence-electron chi connectivity index (χ2n) is 33.5. The molecule has 0 bridgehead atoms. The lowest BCUT2D eigenvalue weighted by Crippen LogP contribution is -2.39. The molecule has 0 saturated carbocycles. The van der Waals surface area contributed by atoms with E-state index >= 15 is 0 Å². The first-order valence-corrected chi connectivity index (χ1v) is 44.0. The van der Waals surface area contributed by atoms with Crippen LogP contribution in [0.25, 0.3) is 18.2 Å². The Balaban J connectivity index is 0.000000193. The van der Waals surface area contributed by atoms with Crippen molar-refractivity contribution in [3.8, 4) is 51.7 Å². The predicted molar refractivity (Wildman–Crippen MR) is 495 cm³/mol. The molecule has 708 valence electrons. The molecule has 13 rings (SSSR count).